The van der Waals surface area contributed by atoms with Crippen molar-refractivity contribution in [1.82, 2.24) is 0 Å². The predicted molar refractivity (Wildman–Crippen MR) is 66.2 cm³/mol. The summed E-state index contributed by atoms with van der Waals surface area (Å²) in [5.41, 5.74) is 4.59. The third-order valence-corrected chi connectivity index (χ3v) is 3.68. The summed E-state index contributed by atoms with van der Waals surface area (Å²) >= 11 is 0. The van der Waals surface area contributed by atoms with Gasteiger partial charge in [-0.05, 0) is 42.4 Å². The SMILES string of the molecule is CCCc1cc(CC2CCC2)ccc1C. The molecule has 15 heavy (non-hydrogen) atoms. The molecule has 1 aliphatic rings. The van der Waals surface area contributed by atoms with E-state index in [1.54, 1.807) is 11.1 Å². The van der Waals surface area contributed by atoms with Crippen molar-refractivity contribution in [3.63, 3.8) is 0 Å². The van der Waals surface area contributed by atoms with Crippen molar-refractivity contribution in [3.8, 4) is 0 Å². The largest absolute Gasteiger partial charge is 0.0651 e. The quantitative estimate of drug-likeness (QED) is 0.683. The molecule has 0 heterocycles. The fraction of sp³-hybridized carbons (Fsp3) is 0.600. The molecule has 0 bridgehead atoms. The van der Waals surface area contributed by atoms with E-state index in [9.17, 15) is 0 Å². The first-order valence-corrected chi connectivity index (χ1v) is 6.38. The van der Waals surface area contributed by atoms with Gasteiger partial charge >= 0.3 is 0 Å². The van der Waals surface area contributed by atoms with Crippen LogP contribution in [0.2, 0.25) is 0 Å². The van der Waals surface area contributed by atoms with Gasteiger partial charge in [-0.15, -0.1) is 0 Å². The molecule has 0 spiro atoms. The van der Waals surface area contributed by atoms with Crippen LogP contribution < -0.4 is 0 Å². The van der Waals surface area contributed by atoms with Crippen LogP contribution in [0.15, 0.2) is 18.2 Å². The van der Waals surface area contributed by atoms with Gasteiger partial charge in [0, 0.05) is 0 Å². The van der Waals surface area contributed by atoms with E-state index in [0.717, 1.165) is 5.92 Å². The van der Waals surface area contributed by atoms with Crippen LogP contribution >= 0.6 is 0 Å². The van der Waals surface area contributed by atoms with E-state index in [-0.39, 0.29) is 0 Å². The van der Waals surface area contributed by atoms with Crippen molar-refractivity contribution in [2.45, 2.75) is 52.4 Å². The van der Waals surface area contributed by atoms with Gasteiger partial charge in [0.15, 0.2) is 0 Å². The maximum absolute atomic E-state index is 2.44. The normalized spacial score (nSPS) is 16.4. The number of hydrogen-bond acceptors (Lipinski definition) is 0. The maximum atomic E-state index is 2.44. The van der Waals surface area contributed by atoms with Gasteiger partial charge in [-0.1, -0.05) is 50.8 Å². The zero-order valence-electron chi connectivity index (χ0n) is 10.1. The van der Waals surface area contributed by atoms with Crippen molar-refractivity contribution in [3.05, 3.63) is 34.9 Å². The molecule has 0 saturated heterocycles. The molecule has 0 aromatic heterocycles. The van der Waals surface area contributed by atoms with E-state index in [2.05, 4.69) is 32.0 Å². The Morgan fingerprint density at radius 3 is 2.67 bits per heavy atom. The Morgan fingerprint density at radius 2 is 2.07 bits per heavy atom. The lowest BCUT2D eigenvalue weighted by Gasteiger charge is -2.25. The molecule has 0 radical (unpaired) electrons. The second kappa shape index (κ2) is 4.83. The highest BCUT2D eigenvalue weighted by atomic mass is 14.2. The average molecular weight is 202 g/mol. The minimum Gasteiger partial charge on any atom is -0.0651 e. The molecular formula is C15H22. The fourth-order valence-electron chi connectivity index (χ4n) is 2.42. The van der Waals surface area contributed by atoms with Crippen LogP contribution in [0.1, 0.15) is 49.3 Å². The first kappa shape index (κ1) is 10.7. The second-order valence-electron chi connectivity index (χ2n) is 5.01. The minimum atomic E-state index is 0.988. The molecule has 0 amide bonds. The van der Waals surface area contributed by atoms with E-state index in [4.69, 9.17) is 0 Å². The van der Waals surface area contributed by atoms with Gasteiger partial charge in [-0.25, -0.2) is 0 Å². The first-order valence-electron chi connectivity index (χ1n) is 6.38. The van der Waals surface area contributed by atoms with E-state index >= 15 is 0 Å². The van der Waals surface area contributed by atoms with Crippen molar-refractivity contribution < 1.29 is 0 Å². The molecular weight excluding hydrogens is 180 g/mol. The molecule has 1 fully saturated rings. The second-order valence-corrected chi connectivity index (χ2v) is 5.01. The smallest absolute Gasteiger partial charge is 0.0250 e. The lowest BCUT2D eigenvalue weighted by atomic mass is 9.80. The molecule has 0 N–H and O–H groups in total. The maximum Gasteiger partial charge on any atom is -0.0250 e. The van der Waals surface area contributed by atoms with Crippen molar-refractivity contribution in [1.29, 1.82) is 0 Å². The van der Waals surface area contributed by atoms with Gasteiger partial charge in [-0.2, -0.15) is 0 Å². The monoisotopic (exact) mass is 202 g/mol. The third kappa shape index (κ3) is 2.62. The van der Waals surface area contributed by atoms with Crippen molar-refractivity contribution >= 4 is 0 Å². The molecule has 0 atom stereocenters. The molecule has 1 aromatic carbocycles. The minimum absolute atomic E-state index is 0.988. The standard InChI is InChI=1S/C15H22/c1-3-5-15-11-14(9-8-12(15)2)10-13-6-4-7-13/h8-9,11,13H,3-7,10H2,1-2H3. The summed E-state index contributed by atoms with van der Waals surface area (Å²) in [5, 5.41) is 0. The Morgan fingerprint density at radius 1 is 1.27 bits per heavy atom. The Balaban J connectivity index is 2.06. The van der Waals surface area contributed by atoms with Crippen LogP contribution in [-0.2, 0) is 12.8 Å². The van der Waals surface area contributed by atoms with Crippen LogP contribution in [-0.4, -0.2) is 0 Å². The molecule has 1 aliphatic carbocycles. The molecule has 82 valence electrons. The summed E-state index contributed by atoms with van der Waals surface area (Å²) in [6, 6.07) is 7.07. The number of benzene rings is 1. The van der Waals surface area contributed by atoms with Crippen LogP contribution in [0.4, 0.5) is 0 Å². The van der Waals surface area contributed by atoms with Crippen LogP contribution in [0.3, 0.4) is 0 Å². The van der Waals surface area contributed by atoms with E-state index in [0.29, 0.717) is 0 Å². The van der Waals surface area contributed by atoms with E-state index in [1.807, 2.05) is 0 Å². The van der Waals surface area contributed by atoms with Gasteiger partial charge in [0.2, 0.25) is 0 Å². The highest BCUT2D eigenvalue weighted by Crippen LogP contribution is 2.30. The van der Waals surface area contributed by atoms with Crippen molar-refractivity contribution in [2.75, 3.05) is 0 Å². The van der Waals surface area contributed by atoms with Crippen LogP contribution in [0.5, 0.6) is 0 Å². The molecule has 0 unspecified atom stereocenters. The average Bonchev–Trinajstić information content (AvgIpc) is 2.17. The summed E-state index contributed by atoms with van der Waals surface area (Å²) in [6.07, 6.45) is 8.18. The molecule has 0 nitrogen and oxygen atoms in total. The lowest BCUT2D eigenvalue weighted by molar-refractivity contribution is 0.314. The molecule has 2 rings (SSSR count). The summed E-state index contributed by atoms with van der Waals surface area (Å²) < 4.78 is 0. The van der Waals surface area contributed by atoms with E-state index in [1.165, 1.54) is 44.1 Å². The fourth-order valence-corrected chi connectivity index (χ4v) is 2.42. The van der Waals surface area contributed by atoms with Gasteiger partial charge < -0.3 is 0 Å². The van der Waals surface area contributed by atoms with Crippen LogP contribution in [0.25, 0.3) is 0 Å². The zero-order valence-corrected chi connectivity index (χ0v) is 10.1. The Hall–Kier alpha value is -0.780. The molecule has 1 aromatic rings. The van der Waals surface area contributed by atoms with Gasteiger partial charge in [0.05, 0.1) is 0 Å². The van der Waals surface area contributed by atoms with Crippen LogP contribution in [0, 0.1) is 12.8 Å². The topological polar surface area (TPSA) is 0 Å². The summed E-state index contributed by atoms with van der Waals surface area (Å²) in [4.78, 5) is 0. The molecule has 1 saturated carbocycles. The highest BCUT2D eigenvalue weighted by Gasteiger charge is 2.17. The lowest BCUT2D eigenvalue weighted by Crippen LogP contribution is -2.13. The Bertz CT molecular complexity index is 321. The number of rotatable bonds is 4. The zero-order chi connectivity index (χ0) is 10.7. The molecule has 0 aliphatic heterocycles. The van der Waals surface area contributed by atoms with E-state index < -0.39 is 0 Å². The number of aryl methyl sites for hydroxylation is 2. The van der Waals surface area contributed by atoms with Gasteiger partial charge in [0.25, 0.3) is 0 Å². The van der Waals surface area contributed by atoms with Gasteiger partial charge in [0.1, 0.15) is 0 Å². The molecule has 0 heteroatoms. The third-order valence-electron chi connectivity index (χ3n) is 3.68. The summed E-state index contributed by atoms with van der Waals surface area (Å²) in [6.45, 7) is 4.50. The first-order chi connectivity index (χ1) is 7.29. The van der Waals surface area contributed by atoms with Crippen molar-refractivity contribution in [2.24, 2.45) is 5.92 Å². The highest BCUT2D eigenvalue weighted by molar-refractivity contribution is 5.31. The summed E-state index contributed by atoms with van der Waals surface area (Å²) in [7, 11) is 0. The predicted octanol–water partition coefficient (Wildman–Crippen LogP) is 4.29. The van der Waals surface area contributed by atoms with Gasteiger partial charge in [-0.3, -0.25) is 0 Å². The summed E-state index contributed by atoms with van der Waals surface area (Å²) in [5.74, 6) is 0.988. The Kier molecular flexibility index (Phi) is 3.45. The number of hydrogen-bond donors (Lipinski definition) is 0. The Labute approximate surface area is 93.7 Å².